The molecule has 1 atom stereocenters. The summed E-state index contributed by atoms with van der Waals surface area (Å²) in [6.45, 7) is 4.67. The first-order chi connectivity index (χ1) is 12.7. The number of thiazole rings is 1. The number of ether oxygens (including phenoxy) is 1. The molecule has 27 heavy (non-hydrogen) atoms. The summed E-state index contributed by atoms with van der Waals surface area (Å²) in [5, 5.41) is 1.46. The van der Waals surface area contributed by atoms with Gasteiger partial charge in [-0.15, -0.1) is 11.3 Å². The zero-order valence-electron chi connectivity index (χ0n) is 15.0. The Kier molecular flexibility index (Phi) is 5.69. The number of carbonyl (C=O) groups is 1. The molecule has 2 aromatic rings. The van der Waals surface area contributed by atoms with Crippen LogP contribution in [-0.4, -0.2) is 40.0 Å². The summed E-state index contributed by atoms with van der Waals surface area (Å²) in [7, 11) is 0. The van der Waals surface area contributed by atoms with E-state index in [1.54, 1.807) is 17.2 Å². The van der Waals surface area contributed by atoms with E-state index in [0.717, 1.165) is 16.7 Å². The summed E-state index contributed by atoms with van der Waals surface area (Å²) >= 11 is 1.00. The minimum absolute atomic E-state index is 0.0377. The molecule has 0 saturated carbocycles. The van der Waals surface area contributed by atoms with Crippen molar-refractivity contribution < 1.29 is 22.7 Å². The second-order valence-corrected chi connectivity index (χ2v) is 7.62. The minimum atomic E-state index is -4.44. The molecule has 1 fully saturated rings. The average Bonchev–Trinajstić information content (AvgIpc) is 3.11. The van der Waals surface area contributed by atoms with Crippen LogP contribution in [0.25, 0.3) is 0 Å². The van der Waals surface area contributed by atoms with Gasteiger partial charge in [0, 0.05) is 30.6 Å². The van der Waals surface area contributed by atoms with Gasteiger partial charge in [0.1, 0.15) is 5.75 Å². The maximum Gasteiger partial charge on any atom is 0.434 e. The van der Waals surface area contributed by atoms with Gasteiger partial charge in [-0.2, -0.15) is 13.2 Å². The van der Waals surface area contributed by atoms with Crippen molar-refractivity contribution in [2.24, 2.45) is 0 Å². The summed E-state index contributed by atoms with van der Waals surface area (Å²) in [5.74, 6) is 0.125. The molecule has 9 heteroatoms. The van der Waals surface area contributed by atoms with Crippen molar-refractivity contribution in [3.63, 3.8) is 0 Å². The first-order valence-electron chi connectivity index (χ1n) is 8.67. The third-order valence-corrected chi connectivity index (χ3v) is 5.21. The van der Waals surface area contributed by atoms with Crippen LogP contribution in [0.3, 0.4) is 0 Å². The van der Waals surface area contributed by atoms with Crippen LogP contribution in [0.4, 0.5) is 13.2 Å². The lowest BCUT2D eigenvalue weighted by atomic mass is 9.98. The van der Waals surface area contributed by atoms with E-state index in [1.165, 1.54) is 6.20 Å². The molecule has 0 bridgehead atoms. The maximum atomic E-state index is 12.8. The van der Waals surface area contributed by atoms with Gasteiger partial charge in [0.2, 0.25) is 0 Å². The molecule has 1 amide bonds. The van der Waals surface area contributed by atoms with Crippen molar-refractivity contribution >= 4 is 17.2 Å². The SMILES string of the molecule is CC(C)Oc1cncc(C(=O)N2CCCC(c3nc(C(F)(F)F)cs3)C2)c1. The average molecular weight is 399 g/mol. The number of alkyl halides is 3. The van der Waals surface area contributed by atoms with E-state index in [4.69, 9.17) is 4.74 Å². The van der Waals surface area contributed by atoms with E-state index in [1.807, 2.05) is 13.8 Å². The van der Waals surface area contributed by atoms with Crippen molar-refractivity contribution in [3.05, 3.63) is 40.1 Å². The molecule has 0 N–H and O–H groups in total. The van der Waals surface area contributed by atoms with Gasteiger partial charge in [0.25, 0.3) is 5.91 Å². The van der Waals surface area contributed by atoms with Crippen molar-refractivity contribution in [1.29, 1.82) is 0 Å². The fraction of sp³-hybridized carbons (Fsp3) is 0.500. The predicted octanol–water partition coefficient (Wildman–Crippen LogP) is 4.36. The highest BCUT2D eigenvalue weighted by molar-refractivity contribution is 7.09. The second kappa shape index (κ2) is 7.84. The normalized spacial score (nSPS) is 18.0. The number of piperidine rings is 1. The summed E-state index contributed by atoms with van der Waals surface area (Å²) in [6, 6.07) is 1.64. The quantitative estimate of drug-likeness (QED) is 0.766. The van der Waals surface area contributed by atoms with Gasteiger partial charge in [-0.05, 0) is 32.8 Å². The molecular weight excluding hydrogens is 379 g/mol. The smallest absolute Gasteiger partial charge is 0.434 e. The van der Waals surface area contributed by atoms with E-state index in [2.05, 4.69) is 9.97 Å². The summed E-state index contributed by atoms with van der Waals surface area (Å²) in [5.41, 5.74) is -0.461. The number of halogens is 3. The first kappa shape index (κ1) is 19.6. The number of hydrogen-bond donors (Lipinski definition) is 0. The molecule has 0 spiro atoms. The maximum absolute atomic E-state index is 12.8. The van der Waals surface area contributed by atoms with Gasteiger partial charge in [-0.3, -0.25) is 9.78 Å². The highest BCUT2D eigenvalue weighted by Crippen LogP contribution is 2.35. The van der Waals surface area contributed by atoms with Gasteiger partial charge in [0.05, 0.1) is 22.9 Å². The largest absolute Gasteiger partial charge is 0.489 e. The van der Waals surface area contributed by atoms with E-state index in [-0.39, 0.29) is 17.9 Å². The topological polar surface area (TPSA) is 55.3 Å². The van der Waals surface area contributed by atoms with Crippen molar-refractivity contribution in [2.75, 3.05) is 13.1 Å². The van der Waals surface area contributed by atoms with Crippen LogP contribution in [0.5, 0.6) is 5.75 Å². The van der Waals surface area contributed by atoms with E-state index in [9.17, 15) is 18.0 Å². The van der Waals surface area contributed by atoms with Crippen LogP contribution < -0.4 is 4.74 Å². The number of likely N-dealkylation sites (tertiary alicyclic amines) is 1. The number of aromatic nitrogens is 2. The molecule has 3 heterocycles. The Balaban J connectivity index is 1.72. The Labute approximate surface area is 159 Å². The van der Waals surface area contributed by atoms with Crippen LogP contribution in [0, 0.1) is 0 Å². The molecule has 2 aromatic heterocycles. The molecule has 0 aliphatic carbocycles. The summed E-state index contributed by atoms with van der Waals surface area (Å²) in [6.07, 6.45) is -0.0317. The number of amides is 1. The van der Waals surface area contributed by atoms with Crippen LogP contribution in [0.2, 0.25) is 0 Å². The Morgan fingerprint density at radius 3 is 2.81 bits per heavy atom. The molecule has 0 aromatic carbocycles. The van der Waals surface area contributed by atoms with Crippen molar-refractivity contribution in [1.82, 2.24) is 14.9 Å². The van der Waals surface area contributed by atoms with Gasteiger partial charge in [-0.1, -0.05) is 0 Å². The molecule has 1 unspecified atom stereocenters. The van der Waals surface area contributed by atoms with E-state index in [0.29, 0.717) is 42.3 Å². The van der Waals surface area contributed by atoms with Crippen LogP contribution >= 0.6 is 11.3 Å². The fourth-order valence-electron chi connectivity index (χ4n) is 3.02. The highest BCUT2D eigenvalue weighted by atomic mass is 32.1. The van der Waals surface area contributed by atoms with E-state index < -0.39 is 11.9 Å². The third-order valence-electron chi connectivity index (χ3n) is 4.20. The molecule has 1 saturated heterocycles. The zero-order chi connectivity index (χ0) is 19.6. The lowest BCUT2D eigenvalue weighted by Gasteiger charge is -2.32. The highest BCUT2D eigenvalue weighted by Gasteiger charge is 2.35. The summed E-state index contributed by atoms with van der Waals surface area (Å²) < 4.78 is 43.9. The van der Waals surface area contributed by atoms with Crippen molar-refractivity contribution in [2.45, 2.75) is 44.9 Å². The Hall–Kier alpha value is -2.16. The number of hydrogen-bond acceptors (Lipinski definition) is 5. The number of nitrogens with zero attached hydrogens (tertiary/aromatic N) is 3. The van der Waals surface area contributed by atoms with Crippen LogP contribution in [0.1, 0.15) is 53.7 Å². The van der Waals surface area contributed by atoms with Gasteiger partial charge in [0.15, 0.2) is 5.69 Å². The van der Waals surface area contributed by atoms with Gasteiger partial charge < -0.3 is 9.64 Å². The molecule has 0 radical (unpaired) electrons. The van der Waals surface area contributed by atoms with Gasteiger partial charge >= 0.3 is 6.18 Å². The Morgan fingerprint density at radius 2 is 2.15 bits per heavy atom. The molecule has 1 aliphatic rings. The molecule has 1 aliphatic heterocycles. The monoisotopic (exact) mass is 399 g/mol. The number of carbonyl (C=O) groups excluding carboxylic acids is 1. The second-order valence-electron chi connectivity index (χ2n) is 6.73. The molecule has 5 nitrogen and oxygen atoms in total. The van der Waals surface area contributed by atoms with Crippen molar-refractivity contribution in [3.8, 4) is 5.75 Å². The fourth-order valence-corrected chi connectivity index (χ4v) is 3.98. The lowest BCUT2D eigenvalue weighted by Crippen LogP contribution is -2.39. The third kappa shape index (κ3) is 4.77. The standard InChI is InChI=1S/C18H20F3N3O2S/c1-11(2)26-14-6-13(7-22-8-14)17(25)24-5-3-4-12(9-24)16-23-15(10-27-16)18(19,20)21/h6-8,10-12H,3-5,9H2,1-2H3. The first-order valence-corrected chi connectivity index (χ1v) is 9.55. The Bertz CT molecular complexity index is 807. The summed E-state index contributed by atoms with van der Waals surface area (Å²) in [4.78, 5) is 22.3. The molecule has 3 rings (SSSR count). The van der Waals surface area contributed by atoms with Crippen LogP contribution in [0.15, 0.2) is 23.8 Å². The number of rotatable bonds is 4. The van der Waals surface area contributed by atoms with E-state index >= 15 is 0 Å². The molecule has 146 valence electrons. The zero-order valence-corrected chi connectivity index (χ0v) is 15.8. The molecular formula is C18H20F3N3O2S. The van der Waals surface area contributed by atoms with Gasteiger partial charge in [-0.25, -0.2) is 4.98 Å². The predicted molar refractivity (Wildman–Crippen MR) is 95.0 cm³/mol. The lowest BCUT2D eigenvalue weighted by molar-refractivity contribution is -0.140. The number of pyridine rings is 1. The minimum Gasteiger partial charge on any atom is -0.489 e. The Morgan fingerprint density at radius 1 is 1.37 bits per heavy atom. The van der Waals surface area contributed by atoms with Crippen LogP contribution in [-0.2, 0) is 6.18 Å².